The van der Waals surface area contributed by atoms with Crippen molar-refractivity contribution in [2.24, 2.45) is 5.41 Å². The maximum absolute atomic E-state index is 9.43. The van der Waals surface area contributed by atoms with Crippen molar-refractivity contribution in [2.45, 2.75) is 40.2 Å². The fraction of sp³-hybridized carbons (Fsp3) is 0.538. The van der Waals surface area contributed by atoms with Crippen molar-refractivity contribution in [3.05, 3.63) is 38.5 Å². The molecule has 0 saturated heterocycles. The lowest BCUT2D eigenvalue weighted by atomic mass is 9.78. The summed E-state index contributed by atoms with van der Waals surface area (Å²) in [5.41, 5.74) is -1.05. The van der Waals surface area contributed by atoms with Crippen LogP contribution in [0.4, 0.5) is 0 Å². The minimum absolute atomic E-state index is 0.312. The third-order valence-corrected chi connectivity index (χ3v) is 1.99. The Kier molecular flexibility index (Phi) is 11.8. The number of hydrogen-bond acceptors (Lipinski definition) is 1. The van der Waals surface area contributed by atoms with Gasteiger partial charge in [0.2, 0.25) is 0 Å². The molecule has 14 heavy (non-hydrogen) atoms. The van der Waals surface area contributed by atoms with Crippen LogP contribution in [0.2, 0.25) is 0 Å². The van der Waals surface area contributed by atoms with E-state index in [1.165, 1.54) is 6.08 Å². The van der Waals surface area contributed by atoms with Crippen molar-refractivity contribution in [1.29, 1.82) is 0 Å². The van der Waals surface area contributed by atoms with E-state index in [1.807, 2.05) is 20.8 Å². The topological polar surface area (TPSA) is 20.2 Å². The Balaban J connectivity index is -0.000000205. The first-order chi connectivity index (χ1) is 6.22. The van der Waals surface area contributed by atoms with E-state index in [2.05, 4.69) is 19.7 Å². The highest BCUT2D eigenvalue weighted by atomic mass is 16.3. The van der Waals surface area contributed by atoms with E-state index in [9.17, 15) is 5.11 Å². The highest BCUT2D eigenvalue weighted by Gasteiger charge is 2.31. The van der Waals surface area contributed by atoms with Gasteiger partial charge in [-0.25, -0.2) is 0 Å². The quantitative estimate of drug-likeness (QED) is 0.668. The second kappa shape index (κ2) is 8.76. The molecule has 0 amide bonds. The van der Waals surface area contributed by atoms with E-state index < -0.39 is 5.60 Å². The molecule has 0 rings (SSSR count). The molecule has 0 aromatic heterocycles. The summed E-state index contributed by atoms with van der Waals surface area (Å²) in [4.78, 5) is 0. The average molecular weight is 197 g/mol. The van der Waals surface area contributed by atoms with Crippen molar-refractivity contribution in [3.8, 4) is 0 Å². The Labute approximate surface area is 89.9 Å². The van der Waals surface area contributed by atoms with Crippen LogP contribution in [0.5, 0.6) is 0 Å². The van der Waals surface area contributed by atoms with Crippen LogP contribution in [0.15, 0.2) is 31.9 Å². The molecule has 1 heteroatoms. The Morgan fingerprint density at radius 1 is 1.14 bits per heavy atom. The van der Waals surface area contributed by atoms with Gasteiger partial charge >= 0.3 is 0 Å². The molecule has 0 unspecified atom stereocenters. The fourth-order valence-electron chi connectivity index (χ4n) is 0.204. The van der Waals surface area contributed by atoms with E-state index >= 15 is 0 Å². The summed E-state index contributed by atoms with van der Waals surface area (Å²) in [6, 6.07) is 0. The predicted octanol–water partition coefficient (Wildman–Crippen LogP) is 3.77. The predicted molar refractivity (Wildman–Crippen MR) is 66.1 cm³/mol. The van der Waals surface area contributed by atoms with Crippen molar-refractivity contribution in [1.82, 2.24) is 0 Å². The van der Waals surface area contributed by atoms with E-state index in [-0.39, 0.29) is 5.41 Å². The van der Waals surface area contributed by atoms with Gasteiger partial charge in [0.25, 0.3) is 0 Å². The molecular formula is C13H25O. The standard InChI is InChI=1S/C8H15O.C3H6.C2H4/c1-6-7(2,3)8(4,5)9;1-3-2;1-2/h1,6,9H,2-5H3;3H,1H2,2H3;1-2H2. The molecule has 1 radical (unpaired) electrons. The normalized spacial score (nSPS) is 9.86. The van der Waals surface area contributed by atoms with Crippen LogP contribution in [-0.4, -0.2) is 10.7 Å². The third-order valence-electron chi connectivity index (χ3n) is 1.99. The van der Waals surface area contributed by atoms with Gasteiger partial charge in [-0.15, -0.1) is 19.7 Å². The monoisotopic (exact) mass is 197 g/mol. The smallest absolute Gasteiger partial charge is 0.0676 e. The lowest BCUT2D eigenvalue weighted by Gasteiger charge is -2.33. The zero-order valence-corrected chi connectivity index (χ0v) is 10.3. The van der Waals surface area contributed by atoms with Crippen molar-refractivity contribution in [2.75, 3.05) is 0 Å². The third kappa shape index (κ3) is 9.27. The summed E-state index contributed by atoms with van der Waals surface area (Å²) in [5.74, 6) is 0. The molecule has 0 heterocycles. The first-order valence-corrected chi connectivity index (χ1v) is 4.58. The van der Waals surface area contributed by atoms with Crippen molar-refractivity contribution in [3.63, 3.8) is 0 Å². The summed E-state index contributed by atoms with van der Waals surface area (Å²) in [7, 11) is 0. The Morgan fingerprint density at radius 2 is 1.36 bits per heavy atom. The van der Waals surface area contributed by atoms with E-state index in [0.717, 1.165) is 0 Å². The van der Waals surface area contributed by atoms with Gasteiger partial charge in [-0.05, 0) is 20.8 Å². The molecule has 0 saturated carbocycles. The molecule has 0 fully saturated rings. The van der Waals surface area contributed by atoms with Gasteiger partial charge < -0.3 is 5.11 Å². The molecule has 0 aliphatic heterocycles. The van der Waals surface area contributed by atoms with E-state index in [4.69, 9.17) is 6.58 Å². The molecule has 0 aromatic rings. The fourth-order valence-corrected chi connectivity index (χ4v) is 0.204. The van der Waals surface area contributed by atoms with E-state index in [0.29, 0.717) is 0 Å². The van der Waals surface area contributed by atoms with Crippen LogP contribution >= 0.6 is 0 Å². The lowest BCUT2D eigenvalue weighted by molar-refractivity contribution is -0.00735. The van der Waals surface area contributed by atoms with Gasteiger partial charge in [-0.3, -0.25) is 0 Å². The van der Waals surface area contributed by atoms with Gasteiger partial charge in [0, 0.05) is 5.41 Å². The largest absolute Gasteiger partial charge is 0.390 e. The minimum Gasteiger partial charge on any atom is -0.390 e. The zero-order valence-electron chi connectivity index (χ0n) is 10.3. The molecule has 0 aliphatic rings. The van der Waals surface area contributed by atoms with Crippen molar-refractivity contribution >= 4 is 0 Å². The van der Waals surface area contributed by atoms with Gasteiger partial charge in [0.1, 0.15) is 0 Å². The Morgan fingerprint density at radius 3 is 1.36 bits per heavy atom. The number of rotatable bonds is 2. The maximum atomic E-state index is 9.43. The lowest BCUT2D eigenvalue weighted by Crippen LogP contribution is -2.36. The first-order valence-electron chi connectivity index (χ1n) is 4.58. The molecule has 1 N–H and O–H groups in total. The number of hydrogen-bond donors (Lipinski definition) is 1. The molecule has 83 valence electrons. The van der Waals surface area contributed by atoms with Crippen LogP contribution < -0.4 is 0 Å². The molecule has 1 nitrogen and oxygen atoms in total. The number of allylic oxidation sites excluding steroid dienone is 1. The number of aliphatic hydroxyl groups is 1. The summed E-state index contributed by atoms with van der Waals surface area (Å²) in [5, 5.41) is 9.43. The van der Waals surface area contributed by atoms with Crippen molar-refractivity contribution < 1.29 is 5.11 Å². The molecule has 0 bridgehead atoms. The summed E-state index contributed by atoms with van der Waals surface area (Å²) >= 11 is 0. The summed E-state index contributed by atoms with van der Waals surface area (Å²) < 4.78 is 0. The van der Waals surface area contributed by atoms with Crippen LogP contribution in [0.3, 0.4) is 0 Å². The summed E-state index contributed by atoms with van der Waals surface area (Å²) in [6.07, 6.45) is 3.27. The van der Waals surface area contributed by atoms with Crippen LogP contribution in [0, 0.1) is 12.0 Å². The van der Waals surface area contributed by atoms with Crippen LogP contribution in [0.25, 0.3) is 0 Å². The molecule has 0 atom stereocenters. The van der Waals surface area contributed by atoms with Gasteiger partial charge in [-0.1, -0.05) is 32.6 Å². The Hall–Kier alpha value is -0.820. The second-order valence-electron chi connectivity index (χ2n) is 3.86. The van der Waals surface area contributed by atoms with Crippen LogP contribution in [-0.2, 0) is 0 Å². The molecular weight excluding hydrogens is 172 g/mol. The van der Waals surface area contributed by atoms with Crippen LogP contribution in [0.1, 0.15) is 34.6 Å². The molecule has 0 aliphatic carbocycles. The second-order valence-corrected chi connectivity index (χ2v) is 3.86. The first kappa shape index (κ1) is 18.9. The van der Waals surface area contributed by atoms with Gasteiger partial charge in [0.15, 0.2) is 0 Å². The molecule has 0 aromatic carbocycles. The zero-order chi connectivity index (χ0) is 12.4. The summed E-state index contributed by atoms with van der Waals surface area (Å²) in [6.45, 7) is 23.8. The highest BCUT2D eigenvalue weighted by Crippen LogP contribution is 2.30. The molecule has 0 spiro atoms. The minimum atomic E-state index is -0.734. The average Bonchev–Trinajstić information content (AvgIpc) is 2.07. The maximum Gasteiger partial charge on any atom is 0.0676 e. The van der Waals surface area contributed by atoms with Gasteiger partial charge in [-0.2, -0.15) is 0 Å². The van der Waals surface area contributed by atoms with Gasteiger partial charge in [0.05, 0.1) is 5.60 Å². The SMILES string of the molecule is C=C.C=CC.[CH]=CC(C)(C)C(C)(C)O. The Bertz CT molecular complexity index is 149. The highest BCUT2D eigenvalue weighted by molar-refractivity contribution is 4.97. The van der Waals surface area contributed by atoms with E-state index in [1.54, 1.807) is 19.9 Å².